The van der Waals surface area contributed by atoms with E-state index in [-0.39, 0.29) is 4.90 Å². The first-order chi connectivity index (χ1) is 12.3. The van der Waals surface area contributed by atoms with Crippen LogP contribution >= 0.6 is 0 Å². The highest BCUT2D eigenvalue weighted by Crippen LogP contribution is 2.17. The van der Waals surface area contributed by atoms with Crippen molar-refractivity contribution in [2.75, 3.05) is 18.5 Å². The summed E-state index contributed by atoms with van der Waals surface area (Å²) in [4.78, 5) is 4.34. The monoisotopic (exact) mass is 374 g/mol. The van der Waals surface area contributed by atoms with Crippen molar-refractivity contribution in [3.63, 3.8) is 0 Å². The molecular formula is C19H26N4O2S. The van der Waals surface area contributed by atoms with Crippen LogP contribution in [0.25, 0.3) is 0 Å². The number of pyridine rings is 1. The summed E-state index contributed by atoms with van der Waals surface area (Å²) in [5, 5.41) is 4.23. The number of nitrogens with zero attached hydrogens (tertiary/aromatic N) is 3. The minimum absolute atomic E-state index is 0.181. The van der Waals surface area contributed by atoms with E-state index >= 15 is 0 Å². The quantitative estimate of drug-likeness (QED) is 0.595. The number of aryl methyl sites for hydroxylation is 3. The van der Waals surface area contributed by atoms with Crippen LogP contribution < -0.4 is 5.43 Å². The van der Waals surface area contributed by atoms with Crippen molar-refractivity contribution in [2.24, 2.45) is 5.10 Å². The average molecular weight is 375 g/mol. The number of sulfonamides is 1. The fourth-order valence-electron chi connectivity index (χ4n) is 2.87. The van der Waals surface area contributed by atoms with Gasteiger partial charge in [-0.3, -0.25) is 5.43 Å². The largest absolute Gasteiger partial charge is 0.261 e. The van der Waals surface area contributed by atoms with Crippen molar-refractivity contribution in [1.82, 2.24) is 9.29 Å². The molecule has 7 heteroatoms. The van der Waals surface area contributed by atoms with Crippen LogP contribution in [0.5, 0.6) is 0 Å². The molecule has 0 spiro atoms. The molecule has 0 fully saturated rings. The van der Waals surface area contributed by atoms with E-state index in [4.69, 9.17) is 0 Å². The van der Waals surface area contributed by atoms with Crippen molar-refractivity contribution in [3.05, 3.63) is 52.7 Å². The number of hydrogen-bond donors (Lipinski definition) is 1. The van der Waals surface area contributed by atoms with E-state index in [0.29, 0.717) is 18.9 Å². The van der Waals surface area contributed by atoms with Gasteiger partial charge in [-0.25, -0.2) is 13.4 Å². The van der Waals surface area contributed by atoms with Crippen LogP contribution in [-0.4, -0.2) is 37.0 Å². The van der Waals surface area contributed by atoms with Gasteiger partial charge in [0, 0.05) is 24.8 Å². The van der Waals surface area contributed by atoms with E-state index in [0.717, 1.165) is 16.7 Å². The number of hydrogen-bond acceptors (Lipinski definition) is 5. The number of benzene rings is 1. The number of aromatic nitrogens is 1. The highest BCUT2D eigenvalue weighted by molar-refractivity contribution is 7.89. The molecule has 0 aliphatic carbocycles. The molecule has 0 radical (unpaired) electrons. The first kappa shape index (κ1) is 20.1. The number of rotatable bonds is 7. The number of hydrazone groups is 1. The Morgan fingerprint density at radius 1 is 1.12 bits per heavy atom. The smallest absolute Gasteiger partial charge is 0.244 e. The molecule has 0 atom stereocenters. The molecule has 1 aromatic heterocycles. The Labute approximate surface area is 156 Å². The van der Waals surface area contributed by atoms with Gasteiger partial charge in [0.25, 0.3) is 0 Å². The van der Waals surface area contributed by atoms with Gasteiger partial charge in [-0.2, -0.15) is 9.41 Å². The molecule has 0 unspecified atom stereocenters. The van der Waals surface area contributed by atoms with Gasteiger partial charge in [-0.05, 0) is 44.0 Å². The van der Waals surface area contributed by atoms with Crippen LogP contribution in [0.2, 0.25) is 0 Å². The summed E-state index contributed by atoms with van der Waals surface area (Å²) in [6, 6.07) is 7.38. The second kappa shape index (κ2) is 8.42. The SMILES string of the molecule is CCN(CC)S(=O)(=O)c1ccc(N/N=C/c2c(C)cc(C)cc2C)nc1. The van der Waals surface area contributed by atoms with Gasteiger partial charge in [0.2, 0.25) is 10.0 Å². The molecule has 2 rings (SSSR count). The van der Waals surface area contributed by atoms with E-state index in [1.54, 1.807) is 18.3 Å². The summed E-state index contributed by atoms with van der Waals surface area (Å²) < 4.78 is 26.3. The minimum atomic E-state index is -3.49. The lowest BCUT2D eigenvalue weighted by Gasteiger charge is -2.18. The van der Waals surface area contributed by atoms with Gasteiger partial charge < -0.3 is 0 Å². The Hall–Kier alpha value is -2.25. The highest BCUT2D eigenvalue weighted by Gasteiger charge is 2.21. The zero-order valence-corrected chi connectivity index (χ0v) is 16.8. The van der Waals surface area contributed by atoms with E-state index < -0.39 is 10.0 Å². The Balaban J connectivity index is 2.13. The summed E-state index contributed by atoms with van der Waals surface area (Å²) in [6.45, 7) is 10.6. The second-order valence-electron chi connectivity index (χ2n) is 6.15. The van der Waals surface area contributed by atoms with Gasteiger partial charge >= 0.3 is 0 Å². The number of anilines is 1. The molecule has 140 valence electrons. The minimum Gasteiger partial charge on any atom is -0.261 e. The third kappa shape index (κ3) is 4.47. The van der Waals surface area contributed by atoms with Crippen LogP contribution in [0.1, 0.15) is 36.1 Å². The summed E-state index contributed by atoms with van der Waals surface area (Å²) in [6.07, 6.45) is 3.11. The van der Waals surface area contributed by atoms with Crippen LogP contribution in [-0.2, 0) is 10.0 Å². The van der Waals surface area contributed by atoms with Crippen molar-refractivity contribution < 1.29 is 8.42 Å². The molecule has 0 aliphatic heterocycles. The van der Waals surface area contributed by atoms with E-state index in [1.807, 2.05) is 27.7 Å². The molecule has 2 aromatic rings. The van der Waals surface area contributed by atoms with Crippen LogP contribution in [0, 0.1) is 20.8 Å². The fraction of sp³-hybridized carbons (Fsp3) is 0.368. The molecule has 1 heterocycles. The van der Waals surface area contributed by atoms with E-state index in [1.165, 1.54) is 16.1 Å². The lowest BCUT2D eigenvalue weighted by molar-refractivity contribution is 0.445. The zero-order valence-electron chi connectivity index (χ0n) is 15.9. The molecule has 0 saturated carbocycles. The predicted octanol–water partition coefficient (Wildman–Crippen LogP) is 3.48. The summed E-state index contributed by atoms with van der Waals surface area (Å²) in [5.41, 5.74) is 7.43. The maximum atomic E-state index is 12.4. The van der Waals surface area contributed by atoms with Gasteiger partial charge in [-0.15, -0.1) is 0 Å². The number of nitrogens with one attached hydrogen (secondary N) is 1. The lowest BCUT2D eigenvalue weighted by atomic mass is 10.0. The topological polar surface area (TPSA) is 74.7 Å². The van der Waals surface area contributed by atoms with Crippen molar-refractivity contribution >= 4 is 22.1 Å². The molecule has 26 heavy (non-hydrogen) atoms. The molecule has 6 nitrogen and oxygen atoms in total. The van der Waals surface area contributed by atoms with Gasteiger partial charge in [0.15, 0.2) is 0 Å². The molecule has 0 aliphatic rings. The highest BCUT2D eigenvalue weighted by atomic mass is 32.2. The van der Waals surface area contributed by atoms with Gasteiger partial charge in [-0.1, -0.05) is 31.5 Å². The second-order valence-corrected chi connectivity index (χ2v) is 8.09. The zero-order chi connectivity index (χ0) is 19.3. The van der Waals surface area contributed by atoms with Crippen molar-refractivity contribution in [3.8, 4) is 0 Å². The third-order valence-corrected chi connectivity index (χ3v) is 6.22. The predicted molar refractivity (Wildman–Crippen MR) is 106 cm³/mol. The third-order valence-electron chi connectivity index (χ3n) is 4.19. The fourth-order valence-corrected chi connectivity index (χ4v) is 4.27. The van der Waals surface area contributed by atoms with E-state index in [2.05, 4.69) is 34.6 Å². The molecule has 0 saturated heterocycles. The Morgan fingerprint density at radius 2 is 1.73 bits per heavy atom. The first-order valence-corrected chi connectivity index (χ1v) is 10.1. The molecule has 0 bridgehead atoms. The standard InChI is InChI=1S/C19H26N4O2S/c1-6-23(7-2)26(24,25)17-8-9-19(20-12-17)22-21-13-18-15(4)10-14(3)11-16(18)5/h8-13H,6-7H2,1-5H3,(H,20,22)/b21-13+. The molecule has 1 N–H and O–H groups in total. The van der Waals surface area contributed by atoms with Crippen LogP contribution in [0.3, 0.4) is 0 Å². The Bertz CT molecular complexity index is 863. The van der Waals surface area contributed by atoms with Crippen molar-refractivity contribution in [2.45, 2.75) is 39.5 Å². The van der Waals surface area contributed by atoms with Gasteiger partial charge in [0.05, 0.1) is 6.21 Å². The Morgan fingerprint density at radius 3 is 2.23 bits per heavy atom. The van der Waals surface area contributed by atoms with Crippen LogP contribution in [0.15, 0.2) is 40.5 Å². The molecule has 0 amide bonds. The maximum Gasteiger partial charge on any atom is 0.244 e. The molecular weight excluding hydrogens is 348 g/mol. The molecule has 1 aromatic carbocycles. The van der Waals surface area contributed by atoms with E-state index in [9.17, 15) is 8.42 Å². The maximum absolute atomic E-state index is 12.4. The first-order valence-electron chi connectivity index (χ1n) is 8.62. The normalized spacial score (nSPS) is 12.1. The van der Waals surface area contributed by atoms with Crippen molar-refractivity contribution in [1.29, 1.82) is 0 Å². The van der Waals surface area contributed by atoms with Crippen LogP contribution in [0.4, 0.5) is 5.82 Å². The lowest BCUT2D eigenvalue weighted by Crippen LogP contribution is -2.30. The average Bonchev–Trinajstić information content (AvgIpc) is 2.58. The van der Waals surface area contributed by atoms with Gasteiger partial charge in [0.1, 0.15) is 10.7 Å². The Kier molecular flexibility index (Phi) is 6.50. The summed E-state index contributed by atoms with van der Waals surface area (Å²) in [5.74, 6) is 0.488. The summed E-state index contributed by atoms with van der Waals surface area (Å²) >= 11 is 0. The summed E-state index contributed by atoms with van der Waals surface area (Å²) in [7, 11) is -3.49.